The van der Waals surface area contributed by atoms with Crippen LogP contribution in [0.2, 0.25) is 0 Å². The molecule has 0 aliphatic rings. The van der Waals surface area contributed by atoms with E-state index in [4.69, 9.17) is 5.73 Å². The van der Waals surface area contributed by atoms with Gasteiger partial charge in [0.05, 0.1) is 5.41 Å². The Kier molecular flexibility index (Phi) is 7.46. The number of benzene rings is 2. The van der Waals surface area contributed by atoms with Crippen LogP contribution in [-0.4, -0.2) is 12.5 Å². The molecule has 1 amide bonds. The van der Waals surface area contributed by atoms with Gasteiger partial charge in [-0.3, -0.25) is 4.79 Å². The summed E-state index contributed by atoms with van der Waals surface area (Å²) in [7, 11) is 0. The van der Waals surface area contributed by atoms with Gasteiger partial charge in [-0.25, -0.2) is 0 Å². The fourth-order valence-electron chi connectivity index (χ4n) is 2.53. The molecule has 0 spiro atoms. The highest BCUT2D eigenvalue weighted by molar-refractivity contribution is 5.87. The van der Waals surface area contributed by atoms with Crippen LogP contribution in [0.15, 0.2) is 54.6 Å². The lowest BCUT2D eigenvalue weighted by atomic mass is 9.83. The molecule has 0 aliphatic carbocycles. The second kappa shape index (κ2) is 8.86. The van der Waals surface area contributed by atoms with Crippen LogP contribution in [-0.2, 0) is 16.6 Å². The van der Waals surface area contributed by atoms with Crippen LogP contribution >= 0.6 is 12.4 Å². The maximum atomic E-state index is 12.6. The molecule has 0 saturated heterocycles. The Hall–Kier alpha value is -1.84. The molecule has 1 unspecified atom stereocenters. The standard InChI is InChI=1S/C20H26N2O.ClH/c1-4-15-10-12-17(13-11-15)20(2,3)19(23)22-14-18(21)16-8-6-5-7-9-16;/h5-13,18H,4,14,21H2,1-3H3,(H,22,23);1H. The molecular formula is C20H27ClN2O. The van der Waals surface area contributed by atoms with E-state index >= 15 is 0 Å². The monoisotopic (exact) mass is 346 g/mol. The number of amides is 1. The molecule has 1 atom stereocenters. The molecule has 0 aliphatic heterocycles. The summed E-state index contributed by atoms with van der Waals surface area (Å²) in [6, 6.07) is 17.9. The van der Waals surface area contributed by atoms with E-state index in [-0.39, 0.29) is 24.4 Å². The van der Waals surface area contributed by atoms with Crippen LogP contribution in [0.25, 0.3) is 0 Å². The summed E-state index contributed by atoms with van der Waals surface area (Å²) in [5, 5.41) is 2.98. The van der Waals surface area contributed by atoms with Crippen molar-refractivity contribution in [3.05, 3.63) is 71.3 Å². The van der Waals surface area contributed by atoms with Crippen molar-refractivity contribution >= 4 is 18.3 Å². The van der Waals surface area contributed by atoms with Gasteiger partial charge in [-0.2, -0.15) is 0 Å². The SMILES string of the molecule is CCc1ccc(C(C)(C)C(=O)NCC(N)c2ccccc2)cc1.Cl. The summed E-state index contributed by atoms with van der Waals surface area (Å²) in [4.78, 5) is 12.6. The minimum absolute atomic E-state index is 0. The number of nitrogens with two attached hydrogens (primary N) is 1. The van der Waals surface area contributed by atoms with E-state index in [0.29, 0.717) is 6.54 Å². The first-order valence-corrected chi connectivity index (χ1v) is 8.13. The first-order valence-electron chi connectivity index (χ1n) is 8.13. The molecule has 24 heavy (non-hydrogen) atoms. The van der Waals surface area contributed by atoms with Gasteiger partial charge >= 0.3 is 0 Å². The Balaban J connectivity index is 0.00000288. The van der Waals surface area contributed by atoms with Crippen molar-refractivity contribution in [1.82, 2.24) is 5.32 Å². The van der Waals surface area contributed by atoms with Crippen molar-refractivity contribution in [2.24, 2.45) is 5.73 Å². The van der Waals surface area contributed by atoms with Crippen LogP contribution in [0.4, 0.5) is 0 Å². The highest BCUT2D eigenvalue weighted by Crippen LogP contribution is 2.24. The first kappa shape index (κ1) is 20.2. The maximum Gasteiger partial charge on any atom is 0.230 e. The number of nitrogens with one attached hydrogen (secondary N) is 1. The van der Waals surface area contributed by atoms with E-state index in [0.717, 1.165) is 17.5 Å². The van der Waals surface area contributed by atoms with Crippen LogP contribution in [0, 0.1) is 0 Å². The second-order valence-electron chi connectivity index (χ2n) is 6.40. The largest absolute Gasteiger partial charge is 0.353 e. The normalized spacial score (nSPS) is 12.2. The van der Waals surface area contributed by atoms with Gasteiger partial charge < -0.3 is 11.1 Å². The van der Waals surface area contributed by atoms with Gasteiger partial charge in [0.15, 0.2) is 0 Å². The zero-order chi connectivity index (χ0) is 16.9. The van der Waals surface area contributed by atoms with Crippen LogP contribution in [0.1, 0.15) is 43.5 Å². The Morgan fingerprint density at radius 1 is 1.08 bits per heavy atom. The third-order valence-electron chi connectivity index (χ3n) is 4.36. The van der Waals surface area contributed by atoms with Gasteiger partial charge in [-0.05, 0) is 37.0 Å². The summed E-state index contributed by atoms with van der Waals surface area (Å²) in [6.07, 6.45) is 0.999. The van der Waals surface area contributed by atoms with E-state index < -0.39 is 5.41 Å². The molecule has 0 fully saturated rings. The number of carbonyl (C=O) groups is 1. The summed E-state index contributed by atoms with van der Waals surface area (Å²) in [5.41, 5.74) is 8.88. The minimum atomic E-state index is -0.581. The van der Waals surface area contributed by atoms with Crippen molar-refractivity contribution in [2.75, 3.05) is 6.54 Å². The molecule has 0 heterocycles. The predicted octanol–water partition coefficient (Wildman–Crippen LogP) is 3.76. The van der Waals surface area contributed by atoms with Crippen molar-refractivity contribution in [1.29, 1.82) is 0 Å². The van der Waals surface area contributed by atoms with E-state index in [9.17, 15) is 4.79 Å². The third kappa shape index (κ3) is 4.83. The molecule has 0 aromatic heterocycles. The van der Waals surface area contributed by atoms with Crippen molar-refractivity contribution in [3.63, 3.8) is 0 Å². The van der Waals surface area contributed by atoms with Gasteiger partial charge in [0.2, 0.25) is 5.91 Å². The van der Waals surface area contributed by atoms with E-state index in [1.165, 1.54) is 5.56 Å². The summed E-state index contributed by atoms with van der Waals surface area (Å²) >= 11 is 0. The second-order valence-corrected chi connectivity index (χ2v) is 6.40. The number of hydrogen-bond donors (Lipinski definition) is 2. The molecular weight excluding hydrogens is 320 g/mol. The predicted molar refractivity (Wildman–Crippen MR) is 102 cm³/mol. The summed E-state index contributed by atoms with van der Waals surface area (Å²) in [5.74, 6) is -0.00636. The molecule has 4 heteroatoms. The molecule has 0 saturated carbocycles. The molecule has 130 valence electrons. The molecule has 2 aromatic carbocycles. The first-order chi connectivity index (χ1) is 10.9. The fraction of sp³-hybridized carbons (Fsp3) is 0.350. The molecule has 2 aromatic rings. The number of hydrogen-bond acceptors (Lipinski definition) is 2. The number of aryl methyl sites for hydroxylation is 1. The van der Waals surface area contributed by atoms with Gasteiger partial charge in [0.1, 0.15) is 0 Å². The van der Waals surface area contributed by atoms with E-state index in [1.54, 1.807) is 0 Å². The molecule has 3 nitrogen and oxygen atoms in total. The third-order valence-corrected chi connectivity index (χ3v) is 4.36. The highest BCUT2D eigenvalue weighted by Gasteiger charge is 2.29. The van der Waals surface area contributed by atoms with Crippen molar-refractivity contribution in [2.45, 2.75) is 38.6 Å². The van der Waals surface area contributed by atoms with Crippen LogP contribution in [0.3, 0.4) is 0 Å². The highest BCUT2D eigenvalue weighted by atomic mass is 35.5. The number of carbonyl (C=O) groups excluding carboxylic acids is 1. The van der Waals surface area contributed by atoms with Gasteiger partial charge in [-0.1, -0.05) is 61.5 Å². The van der Waals surface area contributed by atoms with E-state index in [2.05, 4.69) is 24.4 Å². The lowest BCUT2D eigenvalue weighted by Gasteiger charge is -2.25. The number of rotatable bonds is 6. The summed E-state index contributed by atoms with van der Waals surface area (Å²) < 4.78 is 0. The fourth-order valence-corrected chi connectivity index (χ4v) is 2.53. The Morgan fingerprint density at radius 3 is 2.21 bits per heavy atom. The van der Waals surface area contributed by atoms with Crippen molar-refractivity contribution in [3.8, 4) is 0 Å². The Morgan fingerprint density at radius 2 is 1.67 bits per heavy atom. The molecule has 3 N–H and O–H groups in total. The topological polar surface area (TPSA) is 55.1 Å². The number of halogens is 1. The van der Waals surface area contributed by atoms with Crippen LogP contribution < -0.4 is 11.1 Å². The minimum Gasteiger partial charge on any atom is -0.353 e. The zero-order valence-electron chi connectivity index (χ0n) is 14.6. The quantitative estimate of drug-likeness (QED) is 0.836. The lowest BCUT2D eigenvalue weighted by molar-refractivity contribution is -0.125. The molecule has 0 radical (unpaired) electrons. The van der Waals surface area contributed by atoms with Crippen molar-refractivity contribution < 1.29 is 4.79 Å². The Bertz CT molecular complexity index is 638. The maximum absolute atomic E-state index is 12.6. The molecule has 2 rings (SSSR count). The Labute approximate surface area is 151 Å². The average Bonchev–Trinajstić information content (AvgIpc) is 2.60. The lowest BCUT2D eigenvalue weighted by Crippen LogP contribution is -2.42. The average molecular weight is 347 g/mol. The van der Waals surface area contributed by atoms with Gasteiger partial charge in [0.25, 0.3) is 0 Å². The van der Waals surface area contributed by atoms with Gasteiger partial charge in [0, 0.05) is 12.6 Å². The zero-order valence-corrected chi connectivity index (χ0v) is 15.4. The van der Waals surface area contributed by atoms with Gasteiger partial charge in [-0.15, -0.1) is 12.4 Å². The summed E-state index contributed by atoms with van der Waals surface area (Å²) in [6.45, 7) is 6.44. The smallest absolute Gasteiger partial charge is 0.230 e. The molecule has 0 bridgehead atoms. The van der Waals surface area contributed by atoms with E-state index in [1.807, 2.05) is 56.3 Å². The van der Waals surface area contributed by atoms with Crippen LogP contribution in [0.5, 0.6) is 0 Å².